The minimum Gasteiger partial charge on any atom is -0.455 e. The zero-order valence-corrected chi connectivity index (χ0v) is 15.9. The number of hydrogen-bond donors (Lipinski definition) is 2. The summed E-state index contributed by atoms with van der Waals surface area (Å²) in [4.78, 5) is 27.2. The van der Waals surface area contributed by atoms with Gasteiger partial charge in [0.2, 0.25) is 5.91 Å². The van der Waals surface area contributed by atoms with E-state index in [2.05, 4.69) is 22.5 Å². The Morgan fingerprint density at radius 2 is 1.85 bits per heavy atom. The topological polar surface area (TPSA) is 74.6 Å². The van der Waals surface area contributed by atoms with Gasteiger partial charge >= 0.3 is 0 Å². The van der Waals surface area contributed by atoms with Gasteiger partial charge in [-0.3, -0.25) is 14.5 Å². The fraction of sp³-hybridized carbons (Fsp3) is 0.429. The van der Waals surface area contributed by atoms with E-state index in [1.54, 1.807) is 13.1 Å². The third-order valence-electron chi connectivity index (χ3n) is 5.06. The molecule has 0 aliphatic carbocycles. The van der Waals surface area contributed by atoms with Gasteiger partial charge in [0.1, 0.15) is 11.8 Å². The summed E-state index contributed by atoms with van der Waals surface area (Å²) in [6, 6.07) is 11.9. The van der Waals surface area contributed by atoms with E-state index in [0.29, 0.717) is 6.54 Å². The van der Waals surface area contributed by atoms with Gasteiger partial charge in [0.15, 0.2) is 5.76 Å². The molecule has 0 spiro atoms. The van der Waals surface area contributed by atoms with Crippen LogP contribution in [0, 0.1) is 5.92 Å². The molecule has 144 valence electrons. The number of carbonyl (C=O) groups is 2. The Kier molecular flexibility index (Phi) is 6.29. The standard InChI is InChI=1S/C21H27N3O3/c1-15-10-12-24(13-11-15)14-17-8-9-18(27-17)20(25)23-19(21(26)22-2)16-6-4-3-5-7-16/h3-9,15,19H,10-14H2,1-2H3,(H,22,26)(H,23,25)/t19-/m0/s1. The molecule has 1 aromatic heterocycles. The second-order valence-corrected chi connectivity index (χ2v) is 7.16. The lowest BCUT2D eigenvalue weighted by Gasteiger charge is -2.29. The van der Waals surface area contributed by atoms with Gasteiger partial charge in [-0.15, -0.1) is 0 Å². The highest BCUT2D eigenvalue weighted by Gasteiger charge is 2.24. The highest BCUT2D eigenvalue weighted by Crippen LogP contribution is 2.20. The number of nitrogens with one attached hydrogen (secondary N) is 2. The predicted octanol–water partition coefficient (Wildman–Crippen LogP) is 2.73. The van der Waals surface area contributed by atoms with Crippen molar-refractivity contribution in [2.75, 3.05) is 20.1 Å². The Hall–Kier alpha value is -2.60. The van der Waals surface area contributed by atoms with E-state index in [-0.39, 0.29) is 11.7 Å². The van der Waals surface area contributed by atoms with Crippen LogP contribution >= 0.6 is 0 Å². The lowest BCUT2D eigenvalue weighted by molar-refractivity contribution is -0.122. The highest BCUT2D eigenvalue weighted by atomic mass is 16.4. The van der Waals surface area contributed by atoms with E-state index >= 15 is 0 Å². The average Bonchev–Trinajstić information content (AvgIpc) is 3.16. The Labute approximate surface area is 159 Å². The molecular weight excluding hydrogens is 342 g/mol. The highest BCUT2D eigenvalue weighted by molar-refractivity contribution is 5.95. The lowest BCUT2D eigenvalue weighted by Crippen LogP contribution is -2.38. The fourth-order valence-corrected chi connectivity index (χ4v) is 3.32. The van der Waals surface area contributed by atoms with Crippen LogP contribution in [0.3, 0.4) is 0 Å². The number of nitrogens with zero attached hydrogens (tertiary/aromatic N) is 1. The minimum absolute atomic E-state index is 0.222. The van der Waals surface area contributed by atoms with E-state index in [1.165, 1.54) is 12.8 Å². The molecule has 1 atom stereocenters. The zero-order valence-electron chi connectivity index (χ0n) is 15.9. The zero-order chi connectivity index (χ0) is 19.2. The molecule has 0 radical (unpaired) electrons. The average molecular weight is 369 g/mol. The minimum atomic E-state index is -0.763. The van der Waals surface area contributed by atoms with Crippen molar-refractivity contribution in [1.82, 2.24) is 15.5 Å². The van der Waals surface area contributed by atoms with Crippen LogP contribution in [0.25, 0.3) is 0 Å². The first-order valence-corrected chi connectivity index (χ1v) is 9.45. The van der Waals surface area contributed by atoms with Crippen molar-refractivity contribution < 1.29 is 14.0 Å². The predicted molar refractivity (Wildman–Crippen MR) is 103 cm³/mol. The maximum atomic E-state index is 12.6. The molecule has 2 heterocycles. The van der Waals surface area contributed by atoms with Crippen molar-refractivity contribution in [3.05, 3.63) is 59.5 Å². The number of likely N-dealkylation sites (N-methyl/N-ethyl adjacent to an activating group) is 1. The molecular formula is C21H27N3O3. The number of amides is 2. The van der Waals surface area contributed by atoms with E-state index in [0.717, 1.165) is 30.3 Å². The first kappa shape index (κ1) is 19.2. The number of carbonyl (C=O) groups excluding carboxylic acids is 2. The van der Waals surface area contributed by atoms with Gasteiger partial charge in [-0.1, -0.05) is 37.3 Å². The van der Waals surface area contributed by atoms with Gasteiger partial charge in [0, 0.05) is 7.05 Å². The molecule has 3 rings (SSSR count). The molecule has 0 unspecified atom stereocenters. The molecule has 1 saturated heterocycles. The number of furan rings is 1. The van der Waals surface area contributed by atoms with Crippen LogP contribution in [0.2, 0.25) is 0 Å². The third-order valence-corrected chi connectivity index (χ3v) is 5.06. The molecule has 1 aliphatic rings. The van der Waals surface area contributed by atoms with Crippen LogP contribution in [-0.2, 0) is 11.3 Å². The molecule has 1 aromatic carbocycles. The van der Waals surface area contributed by atoms with Gasteiger partial charge in [-0.05, 0) is 49.5 Å². The quantitative estimate of drug-likeness (QED) is 0.821. The van der Waals surface area contributed by atoms with Crippen molar-refractivity contribution in [3.8, 4) is 0 Å². The third kappa shape index (κ3) is 4.98. The molecule has 27 heavy (non-hydrogen) atoms. The fourth-order valence-electron chi connectivity index (χ4n) is 3.32. The SMILES string of the molecule is CNC(=O)[C@@H](NC(=O)c1ccc(CN2CCC(C)CC2)o1)c1ccccc1. The van der Waals surface area contributed by atoms with Gasteiger partial charge in [0.05, 0.1) is 6.54 Å². The summed E-state index contributed by atoms with van der Waals surface area (Å²) in [5, 5.41) is 5.36. The van der Waals surface area contributed by atoms with Crippen LogP contribution < -0.4 is 10.6 Å². The summed E-state index contributed by atoms with van der Waals surface area (Å²) in [5.74, 6) is 1.10. The van der Waals surface area contributed by atoms with E-state index in [4.69, 9.17) is 4.42 Å². The second-order valence-electron chi connectivity index (χ2n) is 7.16. The van der Waals surface area contributed by atoms with Crippen LogP contribution in [-0.4, -0.2) is 36.9 Å². The van der Waals surface area contributed by atoms with Gasteiger partial charge in [0.25, 0.3) is 5.91 Å². The smallest absolute Gasteiger partial charge is 0.287 e. The summed E-state index contributed by atoms with van der Waals surface area (Å²) >= 11 is 0. The van der Waals surface area contributed by atoms with Crippen LogP contribution in [0.5, 0.6) is 0 Å². The molecule has 0 saturated carbocycles. The Balaban J connectivity index is 1.64. The van der Waals surface area contributed by atoms with Crippen molar-refractivity contribution in [2.24, 2.45) is 5.92 Å². The van der Waals surface area contributed by atoms with Gasteiger partial charge in [-0.2, -0.15) is 0 Å². The number of hydrogen-bond acceptors (Lipinski definition) is 4. The van der Waals surface area contributed by atoms with Gasteiger partial charge < -0.3 is 15.1 Å². The van der Waals surface area contributed by atoms with Crippen LogP contribution in [0.1, 0.15) is 47.7 Å². The number of likely N-dealkylation sites (tertiary alicyclic amines) is 1. The first-order valence-electron chi connectivity index (χ1n) is 9.45. The lowest BCUT2D eigenvalue weighted by atomic mass is 9.99. The largest absolute Gasteiger partial charge is 0.455 e. The molecule has 6 heteroatoms. The maximum absolute atomic E-state index is 12.6. The van der Waals surface area contributed by atoms with Crippen LogP contribution in [0.4, 0.5) is 0 Å². The normalized spacial score (nSPS) is 16.7. The molecule has 2 amide bonds. The molecule has 1 aliphatic heterocycles. The second kappa shape index (κ2) is 8.86. The van der Waals surface area contributed by atoms with Crippen molar-refractivity contribution in [2.45, 2.75) is 32.4 Å². The molecule has 2 aromatic rings. The Morgan fingerprint density at radius 1 is 1.15 bits per heavy atom. The summed E-state index contributed by atoms with van der Waals surface area (Å²) in [5.41, 5.74) is 0.722. The molecule has 0 bridgehead atoms. The van der Waals surface area contributed by atoms with Crippen molar-refractivity contribution in [3.63, 3.8) is 0 Å². The van der Waals surface area contributed by atoms with Gasteiger partial charge in [-0.25, -0.2) is 0 Å². The Morgan fingerprint density at radius 3 is 2.52 bits per heavy atom. The maximum Gasteiger partial charge on any atom is 0.287 e. The summed E-state index contributed by atoms with van der Waals surface area (Å²) in [7, 11) is 1.55. The number of rotatable bonds is 6. The van der Waals surface area contributed by atoms with Crippen molar-refractivity contribution >= 4 is 11.8 Å². The van der Waals surface area contributed by atoms with Crippen molar-refractivity contribution in [1.29, 1.82) is 0 Å². The summed E-state index contributed by atoms with van der Waals surface area (Å²) in [6.07, 6.45) is 2.39. The van der Waals surface area contributed by atoms with E-state index in [1.807, 2.05) is 36.4 Å². The number of piperidine rings is 1. The number of benzene rings is 1. The molecule has 1 fully saturated rings. The monoisotopic (exact) mass is 369 g/mol. The van der Waals surface area contributed by atoms with E-state index < -0.39 is 11.9 Å². The molecule has 2 N–H and O–H groups in total. The Bertz CT molecular complexity index is 764. The summed E-state index contributed by atoms with van der Waals surface area (Å²) in [6.45, 7) is 5.09. The van der Waals surface area contributed by atoms with Crippen LogP contribution in [0.15, 0.2) is 46.9 Å². The first-order chi connectivity index (χ1) is 13.1. The van der Waals surface area contributed by atoms with E-state index in [9.17, 15) is 9.59 Å². The summed E-state index contributed by atoms with van der Waals surface area (Å²) < 4.78 is 5.74. The molecule has 6 nitrogen and oxygen atoms in total.